The van der Waals surface area contributed by atoms with E-state index in [1.807, 2.05) is 109 Å². The number of phenols is 2. The van der Waals surface area contributed by atoms with Gasteiger partial charge in [-0.05, 0) is 57.9 Å². The van der Waals surface area contributed by atoms with E-state index >= 15 is 0 Å². The largest absolute Gasteiger partial charge is 0.507 e. The molecule has 8 rings (SSSR count). The van der Waals surface area contributed by atoms with Crippen molar-refractivity contribution in [2.75, 3.05) is 21.7 Å². The van der Waals surface area contributed by atoms with E-state index in [2.05, 4.69) is 31.9 Å². The van der Waals surface area contributed by atoms with Gasteiger partial charge in [0, 0.05) is 11.1 Å². The Balaban J connectivity index is 1.10. The third-order valence-electron chi connectivity index (χ3n) is 8.06. The maximum Gasteiger partial charge on any atom is 0.192 e. The molecule has 0 spiro atoms. The standard InChI is InChI=1S/C38H28N10O2/c49-33-19-17-23-9-1-3-11-25(23)27(33)21-39-45-35-37(43-31-15-7-5-13-29(31)41-35)47-48-38-36(42-30-14-6-8-16-32(30)44-38)46-40-22-28-26-12-4-2-10-24(26)18-20-34(28)50/h1-22,49-50H,(H,41,45)(H,42,46)(H,43,47)(H,44,48)/b39-21+,40-22+. The number of fused-ring (bicyclic) bond motifs is 4. The molecule has 12 heteroatoms. The maximum atomic E-state index is 10.6. The van der Waals surface area contributed by atoms with Crippen molar-refractivity contribution < 1.29 is 10.2 Å². The fourth-order valence-electron chi connectivity index (χ4n) is 5.60. The van der Waals surface area contributed by atoms with E-state index in [9.17, 15) is 10.2 Å². The second-order valence-electron chi connectivity index (χ2n) is 11.2. The van der Waals surface area contributed by atoms with Crippen LogP contribution in [0.5, 0.6) is 11.5 Å². The summed E-state index contributed by atoms with van der Waals surface area (Å²) >= 11 is 0. The number of aromatic nitrogens is 4. The summed E-state index contributed by atoms with van der Waals surface area (Å²) in [6.45, 7) is 0. The minimum Gasteiger partial charge on any atom is -0.507 e. The summed E-state index contributed by atoms with van der Waals surface area (Å²) in [7, 11) is 0. The van der Waals surface area contributed by atoms with Crippen molar-refractivity contribution in [3.8, 4) is 11.5 Å². The first kappa shape index (κ1) is 30.0. The van der Waals surface area contributed by atoms with E-state index in [4.69, 9.17) is 19.9 Å². The topological polar surface area (TPSA) is 165 Å². The van der Waals surface area contributed by atoms with Gasteiger partial charge in [-0.3, -0.25) is 21.7 Å². The Bertz CT molecular complexity index is 2430. The number of benzene rings is 6. The van der Waals surface area contributed by atoms with Gasteiger partial charge in [-0.2, -0.15) is 10.2 Å². The lowest BCUT2D eigenvalue weighted by molar-refractivity contribution is 0.475. The van der Waals surface area contributed by atoms with Gasteiger partial charge < -0.3 is 10.2 Å². The van der Waals surface area contributed by atoms with Crippen LogP contribution in [-0.2, 0) is 0 Å². The number of hydrazone groups is 2. The maximum absolute atomic E-state index is 10.6. The lowest BCUT2D eigenvalue weighted by Crippen LogP contribution is -2.16. The van der Waals surface area contributed by atoms with Crippen LogP contribution in [0.3, 0.4) is 0 Å². The van der Waals surface area contributed by atoms with E-state index in [0.717, 1.165) is 21.5 Å². The van der Waals surface area contributed by atoms with E-state index in [1.54, 1.807) is 24.6 Å². The molecule has 6 aromatic carbocycles. The van der Waals surface area contributed by atoms with Crippen LogP contribution < -0.4 is 21.7 Å². The van der Waals surface area contributed by atoms with Crippen LogP contribution in [0.25, 0.3) is 43.6 Å². The van der Waals surface area contributed by atoms with E-state index in [1.165, 1.54) is 0 Å². The predicted molar refractivity (Wildman–Crippen MR) is 200 cm³/mol. The second kappa shape index (κ2) is 13.0. The highest BCUT2D eigenvalue weighted by atomic mass is 16.3. The molecule has 0 atom stereocenters. The van der Waals surface area contributed by atoms with Crippen molar-refractivity contribution >= 4 is 79.3 Å². The fourth-order valence-corrected chi connectivity index (χ4v) is 5.60. The number of nitrogens with one attached hydrogen (secondary N) is 4. The number of para-hydroxylation sites is 4. The Morgan fingerprint density at radius 2 is 0.780 bits per heavy atom. The molecule has 50 heavy (non-hydrogen) atoms. The molecular formula is C38H28N10O2. The molecule has 2 heterocycles. The van der Waals surface area contributed by atoms with Crippen LogP contribution in [0.2, 0.25) is 0 Å². The molecule has 242 valence electrons. The van der Waals surface area contributed by atoms with Gasteiger partial charge in [-0.1, -0.05) is 84.9 Å². The number of hydrazine groups is 1. The molecule has 0 fully saturated rings. The molecule has 12 nitrogen and oxygen atoms in total. The highest BCUT2D eigenvalue weighted by Gasteiger charge is 2.13. The molecule has 2 aromatic heterocycles. The molecule has 0 aliphatic carbocycles. The van der Waals surface area contributed by atoms with Crippen molar-refractivity contribution in [1.82, 2.24) is 19.9 Å². The summed E-state index contributed by atoms with van der Waals surface area (Å²) in [6.07, 6.45) is 3.10. The summed E-state index contributed by atoms with van der Waals surface area (Å²) in [5, 5.41) is 33.7. The predicted octanol–water partition coefficient (Wildman–Crippen LogP) is 7.62. The summed E-state index contributed by atoms with van der Waals surface area (Å²) in [6, 6.07) is 37.4. The van der Waals surface area contributed by atoms with E-state index < -0.39 is 0 Å². The molecular weight excluding hydrogens is 628 g/mol. The summed E-state index contributed by atoms with van der Waals surface area (Å²) in [5.41, 5.74) is 15.9. The first-order valence-electron chi connectivity index (χ1n) is 15.7. The molecule has 8 aromatic rings. The fraction of sp³-hybridized carbons (Fsp3) is 0. The Hall–Kier alpha value is -7.34. The average Bonchev–Trinajstić information content (AvgIpc) is 3.15. The quantitative estimate of drug-likeness (QED) is 0.0672. The van der Waals surface area contributed by atoms with E-state index in [0.29, 0.717) is 56.5 Å². The summed E-state index contributed by atoms with van der Waals surface area (Å²) < 4.78 is 0. The average molecular weight is 657 g/mol. The lowest BCUT2D eigenvalue weighted by atomic mass is 10.0. The molecule has 0 saturated heterocycles. The van der Waals surface area contributed by atoms with Gasteiger partial charge in [0.05, 0.1) is 34.5 Å². The Kier molecular flexibility index (Phi) is 7.83. The number of phenolic OH excluding ortho intramolecular Hbond substituents is 2. The van der Waals surface area contributed by atoms with Gasteiger partial charge in [-0.25, -0.2) is 19.9 Å². The van der Waals surface area contributed by atoms with Gasteiger partial charge in [-0.15, -0.1) is 0 Å². The number of aromatic hydroxyl groups is 2. The van der Waals surface area contributed by atoms with Crippen LogP contribution in [-0.4, -0.2) is 42.6 Å². The van der Waals surface area contributed by atoms with Gasteiger partial charge in [0.25, 0.3) is 0 Å². The normalized spacial score (nSPS) is 11.6. The van der Waals surface area contributed by atoms with Crippen molar-refractivity contribution in [3.05, 3.63) is 132 Å². The van der Waals surface area contributed by atoms with Gasteiger partial charge in [0.1, 0.15) is 11.5 Å². The third kappa shape index (κ3) is 5.95. The van der Waals surface area contributed by atoms with Crippen LogP contribution in [0.4, 0.5) is 23.3 Å². The summed E-state index contributed by atoms with van der Waals surface area (Å²) in [5.74, 6) is 1.50. The minimum absolute atomic E-state index is 0.104. The van der Waals surface area contributed by atoms with Crippen LogP contribution in [0.15, 0.2) is 132 Å². The zero-order valence-electron chi connectivity index (χ0n) is 26.3. The summed E-state index contributed by atoms with van der Waals surface area (Å²) in [4.78, 5) is 19.0. The molecule has 0 saturated carbocycles. The molecule has 0 unspecified atom stereocenters. The first-order chi connectivity index (χ1) is 24.6. The first-order valence-corrected chi connectivity index (χ1v) is 15.7. The number of rotatable bonds is 9. The van der Waals surface area contributed by atoms with Crippen molar-refractivity contribution in [1.29, 1.82) is 0 Å². The van der Waals surface area contributed by atoms with Gasteiger partial charge >= 0.3 is 0 Å². The molecule has 0 amide bonds. The van der Waals surface area contributed by atoms with Crippen molar-refractivity contribution in [2.24, 2.45) is 10.2 Å². The molecule has 0 aliphatic rings. The number of nitrogens with zero attached hydrogens (tertiary/aromatic N) is 6. The van der Waals surface area contributed by atoms with Crippen LogP contribution >= 0.6 is 0 Å². The van der Waals surface area contributed by atoms with Crippen molar-refractivity contribution in [3.63, 3.8) is 0 Å². The molecule has 6 N–H and O–H groups in total. The Morgan fingerprint density at radius 1 is 0.420 bits per heavy atom. The number of anilines is 4. The number of hydrogen-bond donors (Lipinski definition) is 6. The monoisotopic (exact) mass is 656 g/mol. The van der Waals surface area contributed by atoms with Gasteiger partial charge in [0.15, 0.2) is 23.3 Å². The smallest absolute Gasteiger partial charge is 0.192 e. The van der Waals surface area contributed by atoms with Crippen molar-refractivity contribution in [2.45, 2.75) is 0 Å². The highest BCUT2D eigenvalue weighted by molar-refractivity contribution is 6.03. The Morgan fingerprint density at radius 3 is 1.20 bits per heavy atom. The van der Waals surface area contributed by atoms with E-state index in [-0.39, 0.29) is 11.5 Å². The molecule has 0 bridgehead atoms. The zero-order chi connectivity index (χ0) is 33.9. The second-order valence-corrected chi connectivity index (χ2v) is 11.2. The Labute approximate surface area is 284 Å². The molecule has 0 radical (unpaired) electrons. The minimum atomic E-state index is 0.104. The van der Waals surface area contributed by atoms with Gasteiger partial charge in [0.2, 0.25) is 0 Å². The highest BCUT2D eigenvalue weighted by Crippen LogP contribution is 2.28. The number of hydrogen-bond acceptors (Lipinski definition) is 12. The van der Waals surface area contributed by atoms with Crippen LogP contribution in [0.1, 0.15) is 11.1 Å². The lowest BCUT2D eigenvalue weighted by Gasteiger charge is -2.15. The SMILES string of the molecule is Oc1ccc2ccccc2c1/C=N/Nc1nc2ccccc2nc1NNc1nc2ccccc2nc1N/N=C/c1c(O)ccc2ccccc12. The zero-order valence-corrected chi connectivity index (χ0v) is 26.3. The van der Waals surface area contributed by atoms with Crippen LogP contribution in [0, 0.1) is 0 Å². The third-order valence-corrected chi connectivity index (χ3v) is 8.06. The molecule has 0 aliphatic heterocycles.